The van der Waals surface area contributed by atoms with Gasteiger partial charge in [0.25, 0.3) is 0 Å². The Bertz CT molecular complexity index is 111. The van der Waals surface area contributed by atoms with Gasteiger partial charge in [-0.3, -0.25) is 0 Å². The van der Waals surface area contributed by atoms with Crippen molar-refractivity contribution in [3.63, 3.8) is 0 Å². The van der Waals surface area contributed by atoms with E-state index in [1.807, 2.05) is 0 Å². The van der Waals surface area contributed by atoms with E-state index in [1.165, 1.54) is 25.7 Å². The molecular formula is C12H27NO. The molecule has 0 fully saturated rings. The molecule has 14 heavy (non-hydrogen) atoms. The van der Waals surface area contributed by atoms with E-state index in [1.54, 1.807) is 0 Å². The molecule has 2 heteroatoms. The second-order valence-electron chi connectivity index (χ2n) is 4.09. The van der Waals surface area contributed by atoms with Crippen LogP contribution in [0.25, 0.3) is 0 Å². The molecule has 0 spiro atoms. The number of rotatable bonds is 9. The van der Waals surface area contributed by atoms with E-state index in [2.05, 4.69) is 33.0 Å². The van der Waals surface area contributed by atoms with Crippen LogP contribution in [0.4, 0.5) is 0 Å². The molecule has 2 nitrogen and oxygen atoms in total. The van der Waals surface area contributed by atoms with Gasteiger partial charge in [0, 0.05) is 12.6 Å². The largest absolute Gasteiger partial charge is 0.379 e. The molecule has 0 saturated heterocycles. The molecular weight excluding hydrogens is 174 g/mol. The lowest BCUT2D eigenvalue weighted by Gasteiger charge is -2.14. The van der Waals surface area contributed by atoms with Crippen LogP contribution in [0.2, 0.25) is 0 Å². The smallest absolute Gasteiger partial charge is 0.0518 e. The molecule has 0 aromatic carbocycles. The van der Waals surface area contributed by atoms with Crippen LogP contribution in [0, 0.1) is 0 Å². The number of hydrogen-bond donors (Lipinski definition) is 1. The van der Waals surface area contributed by atoms with E-state index in [4.69, 9.17) is 4.74 Å². The van der Waals surface area contributed by atoms with Crippen molar-refractivity contribution in [1.29, 1.82) is 0 Å². The molecule has 0 radical (unpaired) electrons. The second kappa shape index (κ2) is 9.47. The van der Waals surface area contributed by atoms with Gasteiger partial charge in [-0.15, -0.1) is 0 Å². The zero-order valence-corrected chi connectivity index (χ0v) is 10.3. The zero-order chi connectivity index (χ0) is 10.8. The minimum absolute atomic E-state index is 0.377. The first-order valence-electron chi connectivity index (χ1n) is 6.05. The predicted molar refractivity (Wildman–Crippen MR) is 62.7 cm³/mol. The summed E-state index contributed by atoms with van der Waals surface area (Å²) in [6.45, 7) is 10.7. The molecule has 0 rings (SSSR count). The Hall–Kier alpha value is -0.0800. The molecule has 0 atom stereocenters. The van der Waals surface area contributed by atoms with E-state index in [0.717, 1.165) is 13.2 Å². The number of ether oxygens (including phenoxy) is 1. The van der Waals surface area contributed by atoms with Gasteiger partial charge in [-0.25, -0.2) is 0 Å². The molecule has 0 unspecified atom stereocenters. The number of unbranched alkanes of at least 4 members (excludes halogenated alkanes) is 1. The summed E-state index contributed by atoms with van der Waals surface area (Å²) in [6.07, 6.45) is 5.24. The van der Waals surface area contributed by atoms with Crippen LogP contribution < -0.4 is 5.32 Å². The highest BCUT2D eigenvalue weighted by atomic mass is 16.5. The summed E-state index contributed by atoms with van der Waals surface area (Å²) in [7, 11) is 0. The Labute approximate surface area is 89.4 Å². The van der Waals surface area contributed by atoms with Crippen LogP contribution >= 0.6 is 0 Å². The van der Waals surface area contributed by atoms with Gasteiger partial charge in [-0.05, 0) is 46.1 Å². The van der Waals surface area contributed by atoms with Crippen LogP contribution in [0.15, 0.2) is 0 Å². The van der Waals surface area contributed by atoms with Crippen molar-refractivity contribution >= 4 is 0 Å². The van der Waals surface area contributed by atoms with Gasteiger partial charge in [0.05, 0.1) is 6.10 Å². The fourth-order valence-electron chi connectivity index (χ4n) is 1.43. The lowest BCUT2D eigenvalue weighted by atomic mass is 10.1. The van der Waals surface area contributed by atoms with Gasteiger partial charge in [0.1, 0.15) is 0 Å². The molecule has 0 aliphatic rings. The standard InChI is InChI=1S/C12H27NO/c1-5-12(6-2)13-9-7-8-10-14-11(3)4/h11-13H,5-10H2,1-4H3. The molecule has 0 aliphatic heterocycles. The Morgan fingerprint density at radius 2 is 1.71 bits per heavy atom. The molecule has 86 valence electrons. The summed E-state index contributed by atoms with van der Waals surface area (Å²) in [4.78, 5) is 0. The monoisotopic (exact) mass is 201 g/mol. The van der Waals surface area contributed by atoms with Gasteiger partial charge in [-0.2, -0.15) is 0 Å². The molecule has 0 amide bonds. The van der Waals surface area contributed by atoms with E-state index < -0.39 is 0 Å². The molecule has 0 aliphatic carbocycles. The summed E-state index contributed by atoms with van der Waals surface area (Å²) >= 11 is 0. The molecule has 0 bridgehead atoms. The lowest BCUT2D eigenvalue weighted by Crippen LogP contribution is -2.28. The second-order valence-corrected chi connectivity index (χ2v) is 4.09. The van der Waals surface area contributed by atoms with Crippen molar-refractivity contribution in [3.05, 3.63) is 0 Å². The summed E-state index contributed by atoms with van der Waals surface area (Å²) < 4.78 is 5.47. The van der Waals surface area contributed by atoms with Gasteiger partial charge in [-0.1, -0.05) is 13.8 Å². The Morgan fingerprint density at radius 1 is 1.07 bits per heavy atom. The highest BCUT2D eigenvalue weighted by Crippen LogP contribution is 1.98. The fourth-order valence-corrected chi connectivity index (χ4v) is 1.43. The molecule has 0 heterocycles. The lowest BCUT2D eigenvalue weighted by molar-refractivity contribution is 0.0759. The maximum atomic E-state index is 5.47. The van der Waals surface area contributed by atoms with Crippen LogP contribution in [0.1, 0.15) is 53.4 Å². The Kier molecular flexibility index (Phi) is 9.42. The van der Waals surface area contributed by atoms with Crippen molar-refractivity contribution < 1.29 is 4.74 Å². The van der Waals surface area contributed by atoms with Crippen molar-refractivity contribution in [1.82, 2.24) is 5.32 Å². The fraction of sp³-hybridized carbons (Fsp3) is 1.00. The normalized spacial score (nSPS) is 11.6. The Morgan fingerprint density at radius 3 is 2.21 bits per heavy atom. The van der Waals surface area contributed by atoms with E-state index >= 15 is 0 Å². The third kappa shape index (κ3) is 8.52. The average molecular weight is 201 g/mol. The third-order valence-corrected chi connectivity index (χ3v) is 2.44. The summed E-state index contributed by atoms with van der Waals surface area (Å²) in [6, 6.07) is 0.709. The average Bonchev–Trinajstić information content (AvgIpc) is 2.16. The minimum Gasteiger partial charge on any atom is -0.379 e. The van der Waals surface area contributed by atoms with Gasteiger partial charge >= 0.3 is 0 Å². The Balaban J connectivity index is 3.12. The maximum absolute atomic E-state index is 5.47. The topological polar surface area (TPSA) is 21.3 Å². The summed E-state index contributed by atoms with van der Waals surface area (Å²) in [5, 5.41) is 3.55. The first-order chi connectivity index (χ1) is 6.70. The third-order valence-electron chi connectivity index (χ3n) is 2.44. The van der Waals surface area contributed by atoms with Crippen LogP contribution in [-0.4, -0.2) is 25.3 Å². The molecule has 1 N–H and O–H groups in total. The number of nitrogens with one attached hydrogen (secondary N) is 1. The number of hydrogen-bond acceptors (Lipinski definition) is 2. The predicted octanol–water partition coefficient (Wildman–Crippen LogP) is 2.97. The molecule has 0 saturated carbocycles. The first kappa shape index (κ1) is 13.9. The highest BCUT2D eigenvalue weighted by Gasteiger charge is 2.00. The van der Waals surface area contributed by atoms with Gasteiger partial charge in [0.2, 0.25) is 0 Å². The summed E-state index contributed by atoms with van der Waals surface area (Å²) in [5.74, 6) is 0. The summed E-state index contributed by atoms with van der Waals surface area (Å²) in [5.41, 5.74) is 0. The van der Waals surface area contributed by atoms with Crippen molar-refractivity contribution in [2.75, 3.05) is 13.2 Å². The highest BCUT2D eigenvalue weighted by molar-refractivity contribution is 4.61. The van der Waals surface area contributed by atoms with E-state index in [9.17, 15) is 0 Å². The minimum atomic E-state index is 0.377. The van der Waals surface area contributed by atoms with Crippen LogP contribution in [-0.2, 0) is 4.74 Å². The first-order valence-corrected chi connectivity index (χ1v) is 6.05. The van der Waals surface area contributed by atoms with Crippen molar-refractivity contribution in [2.45, 2.75) is 65.5 Å². The molecule has 0 aromatic heterocycles. The van der Waals surface area contributed by atoms with Crippen molar-refractivity contribution in [2.24, 2.45) is 0 Å². The quantitative estimate of drug-likeness (QED) is 0.579. The van der Waals surface area contributed by atoms with Gasteiger partial charge in [0.15, 0.2) is 0 Å². The van der Waals surface area contributed by atoms with E-state index in [-0.39, 0.29) is 0 Å². The maximum Gasteiger partial charge on any atom is 0.0518 e. The van der Waals surface area contributed by atoms with Crippen LogP contribution in [0.3, 0.4) is 0 Å². The molecule has 0 aromatic rings. The van der Waals surface area contributed by atoms with Crippen molar-refractivity contribution in [3.8, 4) is 0 Å². The van der Waals surface area contributed by atoms with Gasteiger partial charge < -0.3 is 10.1 Å². The SMILES string of the molecule is CCC(CC)NCCCCOC(C)C. The zero-order valence-electron chi connectivity index (χ0n) is 10.3. The van der Waals surface area contributed by atoms with Crippen LogP contribution in [0.5, 0.6) is 0 Å². The van der Waals surface area contributed by atoms with E-state index in [0.29, 0.717) is 12.1 Å².